The first kappa shape index (κ1) is 14.1. The van der Waals surface area contributed by atoms with Gasteiger partial charge < -0.3 is 10.1 Å². The minimum atomic E-state index is -0.654. The van der Waals surface area contributed by atoms with Crippen molar-refractivity contribution in [3.05, 3.63) is 41.6 Å². The van der Waals surface area contributed by atoms with Gasteiger partial charge in [-0.15, -0.1) is 0 Å². The number of aromatic nitrogens is 2. The van der Waals surface area contributed by atoms with Crippen molar-refractivity contribution in [3.8, 4) is 5.75 Å². The van der Waals surface area contributed by atoms with Crippen LogP contribution < -0.4 is 10.1 Å². The Kier molecular flexibility index (Phi) is 3.79. The number of amides is 1. The lowest BCUT2D eigenvalue weighted by atomic mass is 9.83. The molecule has 0 saturated heterocycles. The van der Waals surface area contributed by atoms with Crippen LogP contribution in [0.2, 0.25) is 0 Å². The normalized spacial score (nSPS) is 11.2. The molecule has 1 amide bonds. The Labute approximate surface area is 118 Å². The Balaban J connectivity index is 2.17. The third-order valence-electron chi connectivity index (χ3n) is 3.33. The highest BCUT2D eigenvalue weighted by Crippen LogP contribution is 2.26. The first-order valence-corrected chi connectivity index (χ1v) is 6.41. The zero-order valence-corrected chi connectivity index (χ0v) is 12.2. The molecule has 0 aliphatic heterocycles. The summed E-state index contributed by atoms with van der Waals surface area (Å²) in [6, 6.07) is 9.29. The maximum atomic E-state index is 12.4. The van der Waals surface area contributed by atoms with Crippen molar-refractivity contribution < 1.29 is 9.53 Å². The smallest absolute Gasteiger partial charge is 0.235 e. The summed E-state index contributed by atoms with van der Waals surface area (Å²) in [5, 5.41) is 9.63. The first-order valence-electron chi connectivity index (χ1n) is 6.41. The molecule has 0 aliphatic rings. The number of methoxy groups -OCH3 is 1. The summed E-state index contributed by atoms with van der Waals surface area (Å²) < 4.78 is 5.13. The van der Waals surface area contributed by atoms with E-state index in [1.165, 1.54) is 0 Å². The largest absolute Gasteiger partial charge is 0.497 e. The molecule has 1 aromatic carbocycles. The number of nitrogens with zero attached hydrogens (tertiary/aromatic N) is 1. The minimum Gasteiger partial charge on any atom is -0.497 e. The number of nitrogens with one attached hydrogen (secondary N) is 2. The molecular formula is C15H19N3O2. The molecule has 2 aromatic rings. The molecule has 0 aliphatic carbocycles. The number of carbonyl (C=O) groups excluding carboxylic acids is 1. The van der Waals surface area contributed by atoms with E-state index in [1.54, 1.807) is 13.2 Å². The number of benzene rings is 1. The van der Waals surface area contributed by atoms with Crippen LogP contribution in [0.4, 0.5) is 5.82 Å². The molecule has 0 fully saturated rings. The predicted molar refractivity (Wildman–Crippen MR) is 78.0 cm³/mol. The average Bonchev–Trinajstić information content (AvgIpc) is 2.84. The highest BCUT2D eigenvalue weighted by Gasteiger charge is 2.30. The molecule has 5 heteroatoms. The van der Waals surface area contributed by atoms with Crippen molar-refractivity contribution in [2.75, 3.05) is 12.4 Å². The van der Waals surface area contributed by atoms with Crippen LogP contribution in [0.25, 0.3) is 0 Å². The Morgan fingerprint density at radius 3 is 2.45 bits per heavy atom. The number of rotatable bonds is 4. The molecule has 0 spiro atoms. The average molecular weight is 273 g/mol. The van der Waals surface area contributed by atoms with Crippen LogP contribution in [-0.2, 0) is 10.2 Å². The van der Waals surface area contributed by atoms with Crippen molar-refractivity contribution in [1.82, 2.24) is 10.2 Å². The van der Waals surface area contributed by atoms with Gasteiger partial charge in [-0.2, -0.15) is 5.10 Å². The summed E-state index contributed by atoms with van der Waals surface area (Å²) in [4.78, 5) is 12.4. The first-order chi connectivity index (χ1) is 9.43. The van der Waals surface area contributed by atoms with E-state index >= 15 is 0 Å². The standard InChI is InChI=1S/C15H19N3O2/c1-10-9-13(18-17-10)16-14(19)15(2,3)11-5-7-12(20-4)8-6-11/h5-9H,1-4H3,(H2,16,17,18,19). The lowest BCUT2D eigenvalue weighted by molar-refractivity contribution is -0.120. The van der Waals surface area contributed by atoms with Gasteiger partial charge in [0.25, 0.3) is 0 Å². The molecule has 1 heterocycles. The van der Waals surface area contributed by atoms with Crippen molar-refractivity contribution in [2.24, 2.45) is 0 Å². The molecule has 106 valence electrons. The second-order valence-corrected chi connectivity index (χ2v) is 5.24. The highest BCUT2D eigenvalue weighted by molar-refractivity contribution is 5.97. The number of anilines is 1. The van der Waals surface area contributed by atoms with Crippen LogP contribution in [0.15, 0.2) is 30.3 Å². The third kappa shape index (κ3) is 2.82. The molecule has 5 nitrogen and oxygen atoms in total. The van der Waals surface area contributed by atoms with E-state index in [0.29, 0.717) is 5.82 Å². The lowest BCUT2D eigenvalue weighted by Gasteiger charge is -2.23. The van der Waals surface area contributed by atoms with E-state index in [4.69, 9.17) is 4.74 Å². The second-order valence-electron chi connectivity index (χ2n) is 5.24. The van der Waals surface area contributed by atoms with Crippen LogP contribution in [0.3, 0.4) is 0 Å². The van der Waals surface area contributed by atoms with Gasteiger partial charge in [-0.3, -0.25) is 9.89 Å². The fraction of sp³-hybridized carbons (Fsp3) is 0.333. The Morgan fingerprint density at radius 2 is 1.95 bits per heavy atom. The predicted octanol–water partition coefficient (Wildman–Crippen LogP) is 2.64. The van der Waals surface area contributed by atoms with Gasteiger partial charge in [0, 0.05) is 11.8 Å². The van der Waals surface area contributed by atoms with E-state index in [2.05, 4.69) is 15.5 Å². The monoisotopic (exact) mass is 273 g/mol. The summed E-state index contributed by atoms with van der Waals surface area (Å²) in [5.74, 6) is 1.20. The van der Waals surface area contributed by atoms with Gasteiger partial charge in [0.15, 0.2) is 5.82 Å². The van der Waals surface area contributed by atoms with Gasteiger partial charge in [0.2, 0.25) is 5.91 Å². The summed E-state index contributed by atoms with van der Waals surface area (Å²) in [6.45, 7) is 5.64. The molecule has 0 bridgehead atoms. The van der Waals surface area contributed by atoms with Gasteiger partial charge in [-0.05, 0) is 38.5 Å². The lowest BCUT2D eigenvalue weighted by Crippen LogP contribution is -2.34. The SMILES string of the molecule is COc1ccc(C(C)(C)C(=O)Nc2cc(C)[nH]n2)cc1. The van der Waals surface area contributed by atoms with Crippen molar-refractivity contribution >= 4 is 11.7 Å². The number of aryl methyl sites for hydroxylation is 1. The van der Waals surface area contributed by atoms with Gasteiger partial charge >= 0.3 is 0 Å². The fourth-order valence-corrected chi connectivity index (χ4v) is 1.89. The Morgan fingerprint density at radius 1 is 1.30 bits per heavy atom. The molecule has 0 saturated carbocycles. The molecule has 1 aromatic heterocycles. The van der Waals surface area contributed by atoms with Gasteiger partial charge in [0.1, 0.15) is 5.75 Å². The van der Waals surface area contributed by atoms with E-state index < -0.39 is 5.41 Å². The zero-order chi connectivity index (χ0) is 14.8. The zero-order valence-electron chi connectivity index (χ0n) is 12.2. The molecule has 0 unspecified atom stereocenters. The number of hydrogen-bond acceptors (Lipinski definition) is 3. The van der Waals surface area contributed by atoms with Gasteiger partial charge in [0.05, 0.1) is 12.5 Å². The number of carbonyl (C=O) groups is 1. The van der Waals surface area contributed by atoms with E-state index in [9.17, 15) is 4.79 Å². The molecule has 0 atom stereocenters. The number of ether oxygens (including phenoxy) is 1. The second kappa shape index (κ2) is 5.36. The van der Waals surface area contributed by atoms with Crippen molar-refractivity contribution in [1.29, 1.82) is 0 Å². The van der Waals surface area contributed by atoms with E-state index in [0.717, 1.165) is 17.0 Å². The summed E-state index contributed by atoms with van der Waals surface area (Å²) >= 11 is 0. The molecule has 2 N–H and O–H groups in total. The Hall–Kier alpha value is -2.30. The van der Waals surface area contributed by atoms with Crippen LogP contribution in [0.1, 0.15) is 25.1 Å². The van der Waals surface area contributed by atoms with Crippen LogP contribution >= 0.6 is 0 Å². The number of H-pyrrole nitrogens is 1. The minimum absolute atomic E-state index is 0.103. The Bertz CT molecular complexity index is 600. The molecule has 0 radical (unpaired) electrons. The van der Waals surface area contributed by atoms with Crippen LogP contribution in [0.5, 0.6) is 5.75 Å². The maximum absolute atomic E-state index is 12.4. The molecule has 2 rings (SSSR count). The maximum Gasteiger partial charge on any atom is 0.235 e. The summed E-state index contributed by atoms with van der Waals surface area (Å²) in [6.07, 6.45) is 0. The van der Waals surface area contributed by atoms with E-state index in [-0.39, 0.29) is 5.91 Å². The molecular weight excluding hydrogens is 254 g/mol. The van der Waals surface area contributed by atoms with Crippen LogP contribution in [0, 0.1) is 6.92 Å². The summed E-state index contributed by atoms with van der Waals surface area (Å²) in [7, 11) is 1.62. The van der Waals surface area contributed by atoms with Gasteiger partial charge in [-0.1, -0.05) is 12.1 Å². The molecule has 20 heavy (non-hydrogen) atoms. The van der Waals surface area contributed by atoms with Crippen LogP contribution in [-0.4, -0.2) is 23.2 Å². The van der Waals surface area contributed by atoms with Crippen molar-refractivity contribution in [3.63, 3.8) is 0 Å². The highest BCUT2D eigenvalue weighted by atomic mass is 16.5. The number of hydrogen-bond donors (Lipinski definition) is 2. The third-order valence-corrected chi connectivity index (χ3v) is 3.33. The van der Waals surface area contributed by atoms with Gasteiger partial charge in [-0.25, -0.2) is 0 Å². The summed E-state index contributed by atoms with van der Waals surface area (Å²) in [5.41, 5.74) is 1.17. The van der Waals surface area contributed by atoms with Crippen molar-refractivity contribution in [2.45, 2.75) is 26.2 Å². The fourth-order valence-electron chi connectivity index (χ4n) is 1.89. The van der Waals surface area contributed by atoms with E-state index in [1.807, 2.05) is 45.0 Å². The number of aromatic amines is 1. The topological polar surface area (TPSA) is 67.0 Å². The quantitative estimate of drug-likeness (QED) is 0.900.